The summed E-state index contributed by atoms with van der Waals surface area (Å²) < 4.78 is 10.6. The maximum absolute atomic E-state index is 12.4. The molecule has 1 aromatic rings. The van der Waals surface area contributed by atoms with E-state index in [1.54, 1.807) is 14.2 Å². The molecule has 1 aliphatic rings. The Hall–Kier alpha value is -1.46. The average Bonchev–Trinajstić information content (AvgIpc) is 2.64. The van der Waals surface area contributed by atoms with Crippen molar-refractivity contribution in [3.63, 3.8) is 0 Å². The molecule has 142 valence electrons. The number of carbonyl (C=O) groups excluding carboxylic acids is 1. The van der Waals surface area contributed by atoms with Crippen molar-refractivity contribution >= 4 is 18.3 Å². The second-order valence-electron chi connectivity index (χ2n) is 6.41. The van der Waals surface area contributed by atoms with Crippen LogP contribution in [0.15, 0.2) is 18.2 Å². The molecule has 1 amide bonds. The Kier molecular flexibility index (Phi) is 9.68. The van der Waals surface area contributed by atoms with Crippen LogP contribution < -0.4 is 14.8 Å². The first-order valence-electron chi connectivity index (χ1n) is 8.81. The molecular formula is C19H31ClN2O3. The highest BCUT2D eigenvalue weighted by atomic mass is 35.5. The molecule has 0 saturated carbocycles. The zero-order valence-electron chi connectivity index (χ0n) is 15.5. The lowest BCUT2D eigenvalue weighted by Gasteiger charge is -2.32. The molecule has 1 heterocycles. The quantitative estimate of drug-likeness (QED) is 0.764. The van der Waals surface area contributed by atoms with E-state index in [1.807, 2.05) is 30.1 Å². The van der Waals surface area contributed by atoms with Gasteiger partial charge in [-0.3, -0.25) is 4.79 Å². The fourth-order valence-corrected chi connectivity index (χ4v) is 3.27. The van der Waals surface area contributed by atoms with Crippen LogP contribution in [0.25, 0.3) is 0 Å². The third-order valence-corrected chi connectivity index (χ3v) is 4.85. The summed E-state index contributed by atoms with van der Waals surface area (Å²) >= 11 is 0. The summed E-state index contributed by atoms with van der Waals surface area (Å²) in [5.74, 6) is 2.45. The lowest BCUT2D eigenvalue weighted by Crippen LogP contribution is -2.39. The Morgan fingerprint density at radius 2 is 1.88 bits per heavy atom. The van der Waals surface area contributed by atoms with E-state index in [1.165, 1.54) is 6.42 Å². The number of piperidine rings is 1. The third-order valence-electron chi connectivity index (χ3n) is 4.85. The van der Waals surface area contributed by atoms with Crippen LogP contribution in [0.2, 0.25) is 0 Å². The second-order valence-corrected chi connectivity index (χ2v) is 6.41. The molecule has 0 unspecified atom stereocenters. The van der Waals surface area contributed by atoms with Crippen molar-refractivity contribution in [2.45, 2.75) is 32.1 Å². The Balaban J connectivity index is 0.00000312. The highest BCUT2D eigenvalue weighted by Crippen LogP contribution is 2.28. The number of hydrogen-bond donors (Lipinski definition) is 1. The molecule has 0 bridgehead atoms. The Bertz CT molecular complexity index is 531. The van der Waals surface area contributed by atoms with E-state index in [2.05, 4.69) is 5.32 Å². The molecule has 1 N–H and O–H groups in total. The first-order valence-corrected chi connectivity index (χ1v) is 8.81. The van der Waals surface area contributed by atoms with Crippen LogP contribution in [0, 0.1) is 5.92 Å². The maximum Gasteiger partial charge on any atom is 0.222 e. The van der Waals surface area contributed by atoms with Crippen LogP contribution in [0.4, 0.5) is 0 Å². The number of hydrogen-bond acceptors (Lipinski definition) is 4. The van der Waals surface area contributed by atoms with Crippen LogP contribution in [0.1, 0.15) is 31.2 Å². The first-order chi connectivity index (χ1) is 11.7. The smallest absolute Gasteiger partial charge is 0.222 e. The van der Waals surface area contributed by atoms with Crippen LogP contribution >= 0.6 is 12.4 Å². The maximum atomic E-state index is 12.4. The van der Waals surface area contributed by atoms with Gasteiger partial charge in [-0.2, -0.15) is 0 Å². The number of halogens is 1. The van der Waals surface area contributed by atoms with Gasteiger partial charge in [0.05, 0.1) is 14.2 Å². The molecule has 1 saturated heterocycles. The minimum atomic E-state index is 0. The number of ether oxygens (including phenoxy) is 2. The van der Waals surface area contributed by atoms with Gasteiger partial charge in [-0.25, -0.2) is 0 Å². The topological polar surface area (TPSA) is 50.8 Å². The number of carbonyl (C=O) groups is 1. The molecule has 0 atom stereocenters. The summed E-state index contributed by atoms with van der Waals surface area (Å²) in [5.41, 5.74) is 1.10. The number of likely N-dealkylation sites (tertiary alicyclic amines) is 1. The van der Waals surface area contributed by atoms with Gasteiger partial charge in [-0.15, -0.1) is 12.4 Å². The van der Waals surface area contributed by atoms with Gasteiger partial charge in [0.25, 0.3) is 0 Å². The number of methoxy groups -OCH3 is 2. The summed E-state index contributed by atoms with van der Waals surface area (Å²) in [6.45, 7) is 2.87. The molecular weight excluding hydrogens is 340 g/mol. The van der Waals surface area contributed by atoms with E-state index in [0.29, 0.717) is 12.2 Å². The molecule has 25 heavy (non-hydrogen) atoms. The Morgan fingerprint density at radius 3 is 2.48 bits per heavy atom. The normalized spacial score (nSPS) is 14.8. The van der Waals surface area contributed by atoms with Crippen LogP contribution in [0.3, 0.4) is 0 Å². The van der Waals surface area contributed by atoms with Gasteiger partial charge in [0, 0.05) is 19.5 Å². The highest BCUT2D eigenvalue weighted by molar-refractivity contribution is 5.85. The zero-order valence-corrected chi connectivity index (χ0v) is 16.4. The fourth-order valence-electron chi connectivity index (χ4n) is 3.27. The number of benzene rings is 1. The largest absolute Gasteiger partial charge is 0.493 e. The van der Waals surface area contributed by atoms with E-state index in [9.17, 15) is 4.79 Å². The number of nitrogens with one attached hydrogen (secondary N) is 1. The summed E-state index contributed by atoms with van der Waals surface area (Å²) in [6, 6.07) is 5.85. The summed E-state index contributed by atoms with van der Waals surface area (Å²) in [7, 11) is 5.25. The van der Waals surface area contributed by atoms with Gasteiger partial charge in [0.2, 0.25) is 5.91 Å². The Morgan fingerprint density at radius 1 is 1.20 bits per heavy atom. The summed E-state index contributed by atoms with van der Waals surface area (Å²) in [5, 5.41) is 3.21. The molecule has 0 spiro atoms. The monoisotopic (exact) mass is 370 g/mol. The van der Waals surface area contributed by atoms with E-state index < -0.39 is 0 Å². The van der Waals surface area contributed by atoms with Gasteiger partial charge < -0.3 is 19.7 Å². The lowest BCUT2D eigenvalue weighted by molar-refractivity contribution is -0.132. The number of amides is 1. The number of rotatable bonds is 8. The first kappa shape index (κ1) is 21.6. The Labute approximate surface area is 157 Å². The summed E-state index contributed by atoms with van der Waals surface area (Å²) in [6.07, 6.45) is 4.76. The lowest BCUT2D eigenvalue weighted by atomic mass is 9.93. The van der Waals surface area contributed by atoms with E-state index >= 15 is 0 Å². The van der Waals surface area contributed by atoms with Gasteiger partial charge in [0.1, 0.15) is 0 Å². The molecule has 2 rings (SSSR count). The predicted molar refractivity (Wildman–Crippen MR) is 103 cm³/mol. The van der Waals surface area contributed by atoms with Crippen molar-refractivity contribution in [1.29, 1.82) is 0 Å². The molecule has 0 radical (unpaired) electrons. The van der Waals surface area contributed by atoms with Crippen molar-refractivity contribution in [2.75, 3.05) is 40.9 Å². The molecule has 1 fully saturated rings. The SMILES string of the molecule is CNCCC1CCN(C(=O)CCc2ccc(OC)c(OC)c2)CC1.Cl. The highest BCUT2D eigenvalue weighted by Gasteiger charge is 2.22. The molecule has 1 aromatic carbocycles. The van der Waals surface area contributed by atoms with Crippen molar-refractivity contribution in [2.24, 2.45) is 5.92 Å². The molecule has 1 aliphatic heterocycles. The van der Waals surface area contributed by atoms with Crippen molar-refractivity contribution in [3.05, 3.63) is 23.8 Å². The van der Waals surface area contributed by atoms with Gasteiger partial charge >= 0.3 is 0 Å². The van der Waals surface area contributed by atoms with Gasteiger partial charge in [-0.05, 0) is 62.9 Å². The van der Waals surface area contributed by atoms with Crippen LogP contribution in [0.5, 0.6) is 11.5 Å². The summed E-state index contributed by atoms with van der Waals surface area (Å²) in [4.78, 5) is 14.5. The molecule has 6 heteroatoms. The van der Waals surface area contributed by atoms with Crippen molar-refractivity contribution < 1.29 is 14.3 Å². The van der Waals surface area contributed by atoms with Crippen molar-refractivity contribution in [3.8, 4) is 11.5 Å². The van der Waals surface area contributed by atoms with Gasteiger partial charge in [0.15, 0.2) is 11.5 Å². The fraction of sp³-hybridized carbons (Fsp3) is 0.632. The van der Waals surface area contributed by atoms with Crippen LogP contribution in [-0.2, 0) is 11.2 Å². The molecule has 0 aliphatic carbocycles. The van der Waals surface area contributed by atoms with E-state index in [-0.39, 0.29) is 18.3 Å². The molecule has 5 nitrogen and oxygen atoms in total. The van der Waals surface area contributed by atoms with E-state index in [0.717, 1.165) is 56.1 Å². The predicted octanol–water partition coefficient (Wildman–Crippen LogP) is 2.91. The van der Waals surface area contributed by atoms with Gasteiger partial charge in [-0.1, -0.05) is 6.07 Å². The molecule has 0 aromatic heterocycles. The van der Waals surface area contributed by atoms with Crippen LogP contribution in [-0.4, -0.2) is 51.7 Å². The zero-order chi connectivity index (χ0) is 17.4. The average molecular weight is 371 g/mol. The number of nitrogens with zero attached hydrogens (tertiary/aromatic N) is 1. The van der Waals surface area contributed by atoms with Crippen molar-refractivity contribution in [1.82, 2.24) is 10.2 Å². The second kappa shape index (κ2) is 11.2. The third kappa shape index (κ3) is 6.40. The minimum absolute atomic E-state index is 0. The minimum Gasteiger partial charge on any atom is -0.493 e. The number of aryl methyl sites for hydroxylation is 1. The standard InChI is InChI=1S/C19H30N2O3.ClH/c1-20-11-8-15-9-12-21(13-10-15)19(22)7-5-16-4-6-17(23-2)18(14-16)24-3;/h4,6,14-15,20H,5,7-13H2,1-3H3;1H. The van der Waals surface area contributed by atoms with E-state index in [4.69, 9.17) is 9.47 Å².